The number of sulfonamides is 2. The summed E-state index contributed by atoms with van der Waals surface area (Å²) in [5.41, 5.74) is 3.63. The van der Waals surface area contributed by atoms with E-state index < -0.39 is 26.0 Å². The normalized spacial score (nSPS) is 11.9. The minimum Gasteiger partial charge on any atom is -0.451 e. The molecule has 4 aromatic rings. The summed E-state index contributed by atoms with van der Waals surface area (Å²) < 4.78 is 57.6. The molecule has 0 fully saturated rings. The molecule has 0 aliphatic heterocycles. The second-order valence-electron chi connectivity index (χ2n) is 7.15. The molecule has 9 nitrogen and oxygen atoms in total. The molecule has 0 unspecified atom stereocenters. The number of anilines is 1. The molecular weight excluding hydrogens is 466 g/mol. The largest absolute Gasteiger partial charge is 0.451 e. The Labute approximate surface area is 190 Å². The lowest BCUT2D eigenvalue weighted by atomic mass is 10.2. The first-order valence-electron chi connectivity index (χ1n) is 9.64. The van der Waals surface area contributed by atoms with Gasteiger partial charge >= 0.3 is 5.91 Å². The fraction of sp³-hybridized carbons (Fsp3) is 0.0455. The summed E-state index contributed by atoms with van der Waals surface area (Å²) in [5.74, 6) is -0.966. The molecule has 0 spiro atoms. The number of nitrogens with one attached hydrogen (secondary N) is 3. The summed E-state index contributed by atoms with van der Waals surface area (Å²) in [6, 6.07) is 19.9. The average molecular weight is 486 g/mol. The quantitative estimate of drug-likeness (QED) is 0.344. The van der Waals surface area contributed by atoms with Crippen LogP contribution in [0.4, 0.5) is 5.69 Å². The van der Waals surface area contributed by atoms with E-state index in [9.17, 15) is 21.6 Å². The van der Waals surface area contributed by atoms with Crippen molar-refractivity contribution in [1.82, 2.24) is 10.3 Å². The molecule has 1 amide bonds. The monoisotopic (exact) mass is 485 g/mol. The summed E-state index contributed by atoms with van der Waals surface area (Å²) in [7, 11) is -7.75. The Kier molecular flexibility index (Phi) is 5.93. The van der Waals surface area contributed by atoms with E-state index in [2.05, 4.69) is 10.1 Å². The first-order valence-corrected chi connectivity index (χ1v) is 12.6. The van der Waals surface area contributed by atoms with Crippen molar-refractivity contribution >= 4 is 42.6 Å². The summed E-state index contributed by atoms with van der Waals surface area (Å²) in [6.45, 7) is 1.86. The maximum atomic E-state index is 12.6. The number of hydrogen-bond donors (Lipinski definition) is 3. The standard InChI is InChI=1S/C22H19N3O6S2/c1-15-7-10-19(11-8-15)32(27,28)24-17-9-12-20-16(13-17)14-21(31-20)22(26)23-25-33(29,30)18-5-3-2-4-6-18/h2-14,24-25H,1H3,(H,23,26). The Morgan fingerprint density at radius 2 is 1.45 bits per heavy atom. The van der Waals surface area contributed by atoms with E-state index >= 15 is 0 Å². The number of amides is 1. The van der Waals surface area contributed by atoms with E-state index in [1.54, 1.807) is 30.3 Å². The van der Waals surface area contributed by atoms with Gasteiger partial charge in [-0.15, -0.1) is 4.83 Å². The Morgan fingerprint density at radius 1 is 0.788 bits per heavy atom. The number of benzene rings is 3. The van der Waals surface area contributed by atoms with Crippen molar-refractivity contribution in [2.45, 2.75) is 16.7 Å². The molecule has 4 rings (SSSR count). The molecule has 170 valence electrons. The third-order valence-corrected chi connectivity index (χ3v) is 7.34. The zero-order valence-electron chi connectivity index (χ0n) is 17.3. The Balaban J connectivity index is 1.49. The number of hydrazine groups is 1. The van der Waals surface area contributed by atoms with Crippen molar-refractivity contribution < 1.29 is 26.0 Å². The van der Waals surface area contributed by atoms with E-state index in [-0.39, 0.29) is 21.2 Å². The van der Waals surface area contributed by atoms with E-state index in [0.717, 1.165) is 5.56 Å². The van der Waals surface area contributed by atoms with Gasteiger partial charge < -0.3 is 4.42 Å². The molecule has 11 heteroatoms. The first-order chi connectivity index (χ1) is 15.6. The number of carbonyl (C=O) groups excluding carboxylic acids is 1. The fourth-order valence-electron chi connectivity index (χ4n) is 2.98. The van der Waals surface area contributed by atoms with E-state index in [1.165, 1.54) is 48.5 Å². The molecule has 0 saturated carbocycles. The molecule has 0 bridgehead atoms. The van der Waals surface area contributed by atoms with Gasteiger partial charge in [-0.25, -0.2) is 16.8 Å². The summed E-state index contributed by atoms with van der Waals surface area (Å²) in [6.07, 6.45) is 0. The topological polar surface area (TPSA) is 135 Å². The van der Waals surface area contributed by atoms with Gasteiger partial charge in [0.05, 0.1) is 9.79 Å². The molecule has 0 atom stereocenters. The molecule has 3 aromatic carbocycles. The third-order valence-electron chi connectivity index (χ3n) is 4.68. The zero-order valence-corrected chi connectivity index (χ0v) is 18.9. The van der Waals surface area contributed by atoms with Gasteiger partial charge in [0.1, 0.15) is 5.58 Å². The van der Waals surface area contributed by atoms with Crippen molar-refractivity contribution in [3.63, 3.8) is 0 Å². The summed E-state index contributed by atoms with van der Waals surface area (Å²) >= 11 is 0. The molecular formula is C22H19N3O6S2. The first kappa shape index (κ1) is 22.5. The van der Waals surface area contributed by atoms with Crippen LogP contribution in [0.2, 0.25) is 0 Å². The molecule has 0 aliphatic carbocycles. The highest BCUT2D eigenvalue weighted by Gasteiger charge is 2.19. The minimum absolute atomic E-state index is 0.0135. The minimum atomic E-state index is -3.95. The molecule has 3 N–H and O–H groups in total. The van der Waals surface area contributed by atoms with Gasteiger partial charge in [0.2, 0.25) is 0 Å². The van der Waals surface area contributed by atoms with Crippen LogP contribution < -0.4 is 15.0 Å². The Bertz CT molecular complexity index is 1530. The van der Waals surface area contributed by atoms with Crippen molar-refractivity contribution in [1.29, 1.82) is 0 Å². The van der Waals surface area contributed by atoms with Crippen LogP contribution in [0.1, 0.15) is 16.1 Å². The van der Waals surface area contributed by atoms with Crippen LogP contribution in [0.15, 0.2) is 93.1 Å². The number of fused-ring (bicyclic) bond motifs is 1. The number of carbonyl (C=O) groups is 1. The van der Waals surface area contributed by atoms with Crippen LogP contribution in [0.5, 0.6) is 0 Å². The van der Waals surface area contributed by atoms with E-state index in [4.69, 9.17) is 4.42 Å². The smallest absolute Gasteiger partial charge is 0.301 e. The second kappa shape index (κ2) is 8.70. The number of furan rings is 1. The number of hydrogen-bond acceptors (Lipinski definition) is 6. The van der Waals surface area contributed by atoms with Crippen LogP contribution in [-0.2, 0) is 20.0 Å². The lowest BCUT2D eigenvalue weighted by molar-refractivity contribution is 0.0919. The average Bonchev–Trinajstić information content (AvgIpc) is 3.22. The third kappa shape index (κ3) is 5.06. The summed E-state index contributed by atoms with van der Waals surface area (Å²) in [5, 5.41) is 0.454. The maximum Gasteiger partial charge on any atom is 0.301 e. The lowest BCUT2D eigenvalue weighted by Gasteiger charge is -2.08. The molecule has 0 saturated heterocycles. The van der Waals surface area contributed by atoms with Gasteiger partial charge in [-0.05, 0) is 55.5 Å². The van der Waals surface area contributed by atoms with Gasteiger partial charge in [0.15, 0.2) is 5.76 Å². The lowest BCUT2D eigenvalue weighted by Crippen LogP contribution is -2.41. The van der Waals surface area contributed by atoms with Crippen LogP contribution in [0.25, 0.3) is 11.0 Å². The van der Waals surface area contributed by atoms with E-state index in [0.29, 0.717) is 11.0 Å². The van der Waals surface area contributed by atoms with Crippen LogP contribution >= 0.6 is 0 Å². The van der Waals surface area contributed by atoms with Crippen molar-refractivity contribution in [2.75, 3.05) is 4.72 Å². The van der Waals surface area contributed by atoms with Crippen molar-refractivity contribution in [3.8, 4) is 0 Å². The molecule has 33 heavy (non-hydrogen) atoms. The second-order valence-corrected chi connectivity index (χ2v) is 10.5. The predicted molar refractivity (Wildman–Crippen MR) is 122 cm³/mol. The highest BCUT2D eigenvalue weighted by molar-refractivity contribution is 7.92. The Hall–Kier alpha value is -3.67. The molecule has 1 aromatic heterocycles. The summed E-state index contributed by atoms with van der Waals surface area (Å²) in [4.78, 5) is 14.5. The van der Waals surface area contributed by atoms with Crippen LogP contribution in [-0.4, -0.2) is 22.7 Å². The van der Waals surface area contributed by atoms with Gasteiger partial charge in [-0.3, -0.25) is 14.9 Å². The highest BCUT2D eigenvalue weighted by atomic mass is 32.2. The fourth-order valence-corrected chi connectivity index (χ4v) is 4.89. The van der Waals surface area contributed by atoms with Gasteiger partial charge in [0, 0.05) is 11.1 Å². The van der Waals surface area contributed by atoms with Crippen molar-refractivity contribution in [2.24, 2.45) is 0 Å². The van der Waals surface area contributed by atoms with Crippen LogP contribution in [0.3, 0.4) is 0 Å². The van der Waals surface area contributed by atoms with E-state index in [1.807, 2.05) is 11.8 Å². The van der Waals surface area contributed by atoms with Gasteiger partial charge in [-0.2, -0.15) is 0 Å². The predicted octanol–water partition coefficient (Wildman–Crippen LogP) is 3.17. The van der Waals surface area contributed by atoms with Gasteiger partial charge in [0.25, 0.3) is 20.0 Å². The van der Waals surface area contributed by atoms with Crippen molar-refractivity contribution in [3.05, 3.63) is 90.2 Å². The zero-order chi connectivity index (χ0) is 23.6. The number of rotatable bonds is 7. The molecule has 1 heterocycles. The Morgan fingerprint density at radius 3 is 2.15 bits per heavy atom. The molecule has 0 aliphatic rings. The van der Waals surface area contributed by atoms with Gasteiger partial charge in [-0.1, -0.05) is 35.9 Å². The highest BCUT2D eigenvalue weighted by Crippen LogP contribution is 2.25. The maximum absolute atomic E-state index is 12.6. The SMILES string of the molecule is Cc1ccc(S(=O)(=O)Nc2ccc3oc(C(=O)NNS(=O)(=O)c4ccccc4)cc3c2)cc1. The van der Waals surface area contributed by atoms with Crippen LogP contribution in [0, 0.1) is 6.92 Å². The molecule has 0 radical (unpaired) electrons. The number of aryl methyl sites for hydroxylation is 1.